The molecule has 1 heterocycles. The average Bonchev–Trinajstić information content (AvgIpc) is 2.42. The molecule has 1 aromatic heterocycles. The van der Waals surface area contributed by atoms with Gasteiger partial charge in [0.05, 0.1) is 0 Å². The molecule has 20 heavy (non-hydrogen) atoms. The highest BCUT2D eigenvalue weighted by Gasteiger charge is 2.13. The van der Waals surface area contributed by atoms with Crippen LogP contribution in [0.1, 0.15) is 28.5 Å². The predicted octanol–water partition coefficient (Wildman–Crippen LogP) is -0.114. The number of aromatic nitrogens is 1. The number of rotatable bonds is 3. The van der Waals surface area contributed by atoms with E-state index < -0.39 is 0 Å². The molecule has 0 radical (unpaired) electrons. The van der Waals surface area contributed by atoms with E-state index in [9.17, 15) is 4.79 Å². The fourth-order valence-corrected chi connectivity index (χ4v) is 1.85. The van der Waals surface area contributed by atoms with Crippen molar-refractivity contribution in [3.05, 3.63) is 64.4 Å². The fraction of sp³-hybridized carbons (Fsp3) is 0.200. The minimum absolute atomic E-state index is 0. The molecule has 106 valence electrons. The molecule has 0 saturated carbocycles. The van der Waals surface area contributed by atoms with Crippen LogP contribution in [0.5, 0.6) is 0 Å². The smallest absolute Gasteiger partial charge is 0.305 e. The Morgan fingerprint density at radius 1 is 1.20 bits per heavy atom. The largest absolute Gasteiger partial charge is 1.00 e. The van der Waals surface area contributed by atoms with Crippen molar-refractivity contribution in [3.63, 3.8) is 0 Å². The summed E-state index contributed by atoms with van der Waals surface area (Å²) in [5.41, 5.74) is 5.58. The molecule has 0 fully saturated rings. The normalized spacial score (nSPS) is 9.75. The zero-order valence-electron chi connectivity index (χ0n) is 11.4. The van der Waals surface area contributed by atoms with Gasteiger partial charge in [0.2, 0.25) is 11.9 Å². The van der Waals surface area contributed by atoms with Crippen molar-refractivity contribution in [2.45, 2.75) is 20.3 Å². The van der Waals surface area contributed by atoms with Crippen LogP contribution >= 0.6 is 11.6 Å². The van der Waals surface area contributed by atoms with Crippen LogP contribution in [0, 0.1) is 6.92 Å². The molecule has 0 aliphatic heterocycles. The molecule has 2 rings (SSSR count). The Balaban J connectivity index is 0.00000200. The molecule has 0 atom stereocenters. The van der Waals surface area contributed by atoms with Gasteiger partial charge in [-0.2, -0.15) is 0 Å². The summed E-state index contributed by atoms with van der Waals surface area (Å²) in [6.45, 7) is 4.03. The van der Waals surface area contributed by atoms with Crippen molar-refractivity contribution in [1.29, 1.82) is 0 Å². The van der Waals surface area contributed by atoms with E-state index in [-0.39, 0.29) is 18.3 Å². The van der Waals surface area contributed by atoms with Gasteiger partial charge in [0, 0.05) is 29.1 Å². The third kappa shape index (κ3) is 3.95. The molecule has 0 unspecified atom stereocenters. The summed E-state index contributed by atoms with van der Waals surface area (Å²) in [4.78, 5) is 12.1. The molecule has 0 bridgehead atoms. The molecule has 3 nitrogen and oxygen atoms in total. The van der Waals surface area contributed by atoms with E-state index in [1.807, 2.05) is 19.2 Å². The fourth-order valence-electron chi connectivity index (χ4n) is 1.72. The molecule has 2 aromatic rings. The van der Waals surface area contributed by atoms with E-state index in [2.05, 4.69) is 18.4 Å². The molecule has 1 amide bonds. The minimum atomic E-state index is -0.155. The molecular weight excluding hydrogens is 295 g/mol. The van der Waals surface area contributed by atoms with Gasteiger partial charge < -0.3 is 12.4 Å². The molecule has 0 aliphatic carbocycles. The first-order valence-electron chi connectivity index (χ1n) is 6.18. The first-order valence-corrected chi connectivity index (χ1v) is 6.56. The first kappa shape index (κ1) is 16.5. The monoisotopic (exact) mass is 310 g/mol. The van der Waals surface area contributed by atoms with E-state index in [4.69, 9.17) is 11.6 Å². The Labute approximate surface area is 130 Å². The van der Waals surface area contributed by atoms with Crippen LogP contribution in [-0.2, 0) is 6.42 Å². The summed E-state index contributed by atoms with van der Waals surface area (Å²) in [5, 5.41) is 0.619. The maximum atomic E-state index is 12.1. The third-order valence-electron chi connectivity index (χ3n) is 2.95. The Morgan fingerprint density at radius 2 is 1.85 bits per heavy atom. The van der Waals surface area contributed by atoms with Crippen molar-refractivity contribution in [3.8, 4) is 0 Å². The van der Waals surface area contributed by atoms with Crippen LogP contribution in [0.2, 0.25) is 5.02 Å². The summed E-state index contributed by atoms with van der Waals surface area (Å²) in [6, 6.07) is 10.9. The SMILES string of the molecule is CCc1ccc(C)[n+](NC(=O)c2ccc(Cl)cc2)c1.[Cl-]. The van der Waals surface area contributed by atoms with Gasteiger partial charge in [-0.25, -0.2) is 0 Å². The molecule has 0 saturated heterocycles. The van der Waals surface area contributed by atoms with Crippen molar-refractivity contribution < 1.29 is 21.9 Å². The quantitative estimate of drug-likeness (QED) is 0.788. The molecule has 0 aliphatic rings. The van der Waals surface area contributed by atoms with Gasteiger partial charge >= 0.3 is 5.91 Å². The number of benzene rings is 1. The van der Waals surface area contributed by atoms with E-state index in [1.54, 1.807) is 28.9 Å². The second-order valence-corrected chi connectivity index (χ2v) is 4.79. The summed E-state index contributed by atoms with van der Waals surface area (Å²) in [5.74, 6) is -0.155. The number of carbonyl (C=O) groups excluding carboxylic acids is 1. The number of nitrogens with zero attached hydrogens (tertiary/aromatic N) is 1. The van der Waals surface area contributed by atoms with Gasteiger partial charge in [0.15, 0.2) is 0 Å². The Bertz CT molecular complexity index is 597. The zero-order valence-corrected chi connectivity index (χ0v) is 12.9. The Morgan fingerprint density at radius 3 is 2.45 bits per heavy atom. The molecular formula is C15H16Cl2N2O. The first-order chi connectivity index (χ1) is 9.10. The number of aryl methyl sites for hydroxylation is 2. The molecule has 5 heteroatoms. The number of pyridine rings is 1. The van der Waals surface area contributed by atoms with E-state index >= 15 is 0 Å². The molecule has 0 spiro atoms. The second-order valence-electron chi connectivity index (χ2n) is 4.35. The lowest BCUT2D eigenvalue weighted by Crippen LogP contribution is -3.00. The summed E-state index contributed by atoms with van der Waals surface area (Å²) >= 11 is 5.80. The average molecular weight is 311 g/mol. The number of hydrogen-bond acceptors (Lipinski definition) is 1. The summed E-state index contributed by atoms with van der Waals surface area (Å²) in [6.07, 6.45) is 2.86. The van der Waals surface area contributed by atoms with Crippen LogP contribution in [-0.4, -0.2) is 5.91 Å². The number of amides is 1. The van der Waals surface area contributed by atoms with Gasteiger partial charge in [0.1, 0.15) is 0 Å². The number of halogens is 2. The molecule has 1 N–H and O–H groups in total. The van der Waals surface area contributed by atoms with Crippen LogP contribution in [0.4, 0.5) is 0 Å². The van der Waals surface area contributed by atoms with E-state index in [0.29, 0.717) is 10.6 Å². The highest BCUT2D eigenvalue weighted by atomic mass is 35.5. The summed E-state index contributed by atoms with van der Waals surface area (Å²) < 4.78 is 1.75. The topological polar surface area (TPSA) is 33.0 Å². The maximum Gasteiger partial charge on any atom is 0.305 e. The number of nitrogens with one attached hydrogen (secondary N) is 1. The standard InChI is InChI=1S/C15H15ClN2O.ClH/c1-3-12-5-4-11(2)18(10-12)17-15(19)13-6-8-14(16)9-7-13;/h4-10H,3H2,1-2H3;1H. The highest BCUT2D eigenvalue weighted by molar-refractivity contribution is 6.30. The van der Waals surface area contributed by atoms with Gasteiger partial charge in [-0.1, -0.05) is 23.2 Å². The van der Waals surface area contributed by atoms with E-state index in [1.165, 1.54) is 5.56 Å². The van der Waals surface area contributed by atoms with Gasteiger partial charge in [-0.15, -0.1) is 5.43 Å². The van der Waals surface area contributed by atoms with Crippen molar-refractivity contribution in [2.75, 3.05) is 5.43 Å². The van der Waals surface area contributed by atoms with Gasteiger partial charge in [-0.05, 0) is 36.8 Å². The van der Waals surface area contributed by atoms with Crippen LogP contribution < -0.4 is 22.5 Å². The second kappa shape index (κ2) is 7.27. The minimum Gasteiger partial charge on any atom is -1.00 e. The maximum absolute atomic E-state index is 12.1. The zero-order chi connectivity index (χ0) is 13.8. The van der Waals surface area contributed by atoms with Gasteiger partial charge in [0.25, 0.3) is 0 Å². The predicted molar refractivity (Wildman–Crippen MR) is 75.9 cm³/mol. The molecule has 1 aromatic carbocycles. The Kier molecular flexibility index (Phi) is 5.99. The lowest BCUT2D eigenvalue weighted by Gasteiger charge is -2.03. The number of carbonyl (C=O) groups is 1. The van der Waals surface area contributed by atoms with Crippen molar-refractivity contribution >= 4 is 17.5 Å². The Hall–Kier alpha value is -1.58. The lowest BCUT2D eigenvalue weighted by atomic mass is 10.2. The van der Waals surface area contributed by atoms with Crippen molar-refractivity contribution in [1.82, 2.24) is 0 Å². The van der Waals surface area contributed by atoms with Crippen LogP contribution in [0.3, 0.4) is 0 Å². The van der Waals surface area contributed by atoms with E-state index in [0.717, 1.165) is 12.1 Å². The third-order valence-corrected chi connectivity index (χ3v) is 3.20. The summed E-state index contributed by atoms with van der Waals surface area (Å²) in [7, 11) is 0. The van der Waals surface area contributed by atoms with Crippen LogP contribution in [0.25, 0.3) is 0 Å². The lowest BCUT2D eigenvalue weighted by molar-refractivity contribution is -0.648. The van der Waals surface area contributed by atoms with Gasteiger partial charge in [-0.3, -0.25) is 4.79 Å². The van der Waals surface area contributed by atoms with Crippen molar-refractivity contribution in [2.24, 2.45) is 0 Å². The van der Waals surface area contributed by atoms with Crippen LogP contribution in [0.15, 0.2) is 42.6 Å². The number of hydrogen-bond donors (Lipinski definition) is 1. The highest BCUT2D eigenvalue weighted by Crippen LogP contribution is 2.09.